The summed E-state index contributed by atoms with van der Waals surface area (Å²) in [6, 6.07) is 22.9. The van der Waals surface area contributed by atoms with Crippen LogP contribution < -0.4 is 14.2 Å². The van der Waals surface area contributed by atoms with Gasteiger partial charge in [-0.2, -0.15) is 0 Å². The van der Waals surface area contributed by atoms with Gasteiger partial charge in [-0.3, -0.25) is 0 Å². The zero-order valence-corrected chi connectivity index (χ0v) is 24.1. The lowest BCUT2D eigenvalue weighted by atomic mass is 10.0. The molecule has 0 spiro atoms. The van der Waals surface area contributed by atoms with E-state index in [1.165, 1.54) is 57.8 Å². The van der Waals surface area contributed by atoms with Gasteiger partial charge in [-0.15, -0.1) is 0 Å². The monoisotopic (exact) mass is 530 g/mol. The van der Waals surface area contributed by atoms with Crippen molar-refractivity contribution >= 4 is 5.97 Å². The lowest BCUT2D eigenvalue weighted by Crippen LogP contribution is -2.11. The third kappa shape index (κ3) is 11.2. The first kappa shape index (κ1) is 30.3. The summed E-state index contributed by atoms with van der Waals surface area (Å²) in [4.78, 5) is 12.7. The van der Waals surface area contributed by atoms with Gasteiger partial charge in [0.2, 0.25) is 0 Å². The Bertz CT molecular complexity index is 1070. The van der Waals surface area contributed by atoms with Crippen LogP contribution in [-0.2, 0) is 0 Å². The summed E-state index contributed by atoms with van der Waals surface area (Å²) < 4.78 is 17.5. The number of hydrogen-bond donors (Lipinski definition) is 0. The molecule has 39 heavy (non-hydrogen) atoms. The van der Waals surface area contributed by atoms with Crippen LogP contribution in [0.2, 0.25) is 0 Å². The number of unbranched alkanes of at least 4 members (excludes halogenated alkanes) is 8. The highest BCUT2D eigenvalue weighted by atomic mass is 16.5. The van der Waals surface area contributed by atoms with Crippen LogP contribution in [0.15, 0.2) is 72.8 Å². The largest absolute Gasteiger partial charge is 0.494 e. The molecule has 0 bridgehead atoms. The van der Waals surface area contributed by atoms with Gasteiger partial charge in [0.1, 0.15) is 17.2 Å². The molecule has 4 nitrogen and oxygen atoms in total. The van der Waals surface area contributed by atoms with Crippen LogP contribution in [0.5, 0.6) is 17.2 Å². The average molecular weight is 531 g/mol. The Hall–Kier alpha value is -3.27. The normalized spacial score (nSPS) is 11.7. The van der Waals surface area contributed by atoms with Gasteiger partial charge in [0.15, 0.2) is 0 Å². The number of carbonyl (C=O) groups is 1. The number of ether oxygens (including phenoxy) is 3. The molecule has 210 valence electrons. The van der Waals surface area contributed by atoms with E-state index in [2.05, 4.69) is 32.9 Å². The SMILES string of the molecule is CCCCCCCCOc1ccc(-c2ccc(C(=O)Oc3ccc(O[C@@H](C)CCCCCC)cc3)cc2)cc1. The fourth-order valence-electron chi connectivity index (χ4n) is 4.52. The van der Waals surface area contributed by atoms with E-state index in [0.29, 0.717) is 11.3 Å². The molecular formula is C35H46O4. The molecule has 0 aliphatic rings. The van der Waals surface area contributed by atoms with Crippen molar-refractivity contribution in [1.29, 1.82) is 0 Å². The maximum absolute atomic E-state index is 12.7. The second-order valence-corrected chi connectivity index (χ2v) is 10.4. The van der Waals surface area contributed by atoms with Gasteiger partial charge in [-0.05, 0) is 85.8 Å². The van der Waals surface area contributed by atoms with E-state index in [-0.39, 0.29) is 12.1 Å². The van der Waals surface area contributed by atoms with E-state index in [1.54, 1.807) is 24.3 Å². The minimum absolute atomic E-state index is 0.169. The molecule has 0 aromatic heterocycles. The van der Waals surface area contributed by atoms with Gasteiger partial charge in [-0.1, -0.05) is 89.5 Å². The Labute approximate surface area is 235 Å². The highest BCUT2D eigenvalue weighted by molar-refractivity contribution is 5.91. The molecule has 3 rings (SSSR count). The molecular weight excluding hydrogens is 484 g/mol. The van der Waals surface area contributed by atoms with Gasteiger partial charge >= 0.3 is 5.97 Å². The fourth-order valence-corrected chi connectivity index (χ4v) is 4.52. The molecule has 4 heteroatoms. The minimum atomic E-state index is -0.377. The van der Waals surface area contributed by atoms with Gasteiger partial charge in [0.25, 0.3) is 0 Å². The Kier molecular flexibility index (Phi) is 13.5. The number of esters is 1. The van der Waals surface area contributed by atoms with E-state index in [1.807, 2.05) is 36.4 Å². The Morgan fingerprint density at radius 3 is 1.77 bits per heavy atom. The summed E-state index contributed by atoms with van der Waals surface area (Å²) >= 11 is 0. The van der Waals surface area contributed by atoms with Crippen LogP contribution in [0.1, 0.15) is 102 Å². The van der Waals surface area contributed by atoms with Crippen molar-refractivity contribution in [3.63, 3.8) is 0 Å². The highest BCUT2D eigenvalue weighted by Gasteiger charge is 2.10. The quantitative estimate of drug-likeness (QED) is 0.0932. The van der Waals surface area contributed by atoms with Crippen molar-refractivity contribution in [2.45, 2.75) is 97.5 Å². The molecule has 0 radical (unpaired) electrons. The van der Waals surface area contributed by atoms with Gasteiger partial charge in [0.05, 0.1) is 18.3 Å². The molecule has 0 heterocycles. The van der Waals surface area contributed by atoms with Crippen LogP contribution in [0.25, 0.3) is 11.1 Å². The molecule has 3 aromatic rings. The standard InChI is InChI=1S/C35H46O4/c1-4-6-8-10-11-13-27-37-32-21-19-30(20-22-32)29-15-17-31(18-16-29)35(36)39-34-25-23-33(24-26-34)38-28(3)14-12-9-7-5-2/h15-26,28H,4-14,27H2,1-3H3/t28-/m0/s1. The molecule has 0 amide bonds. The molecule has 1 atom stereocenters. The lowest BCUT2D eigenvalue weighted by Gasteiger charge is -2.15. The first-order valence-corrected chi connectivity index (χ1v) is 14.9. The second kappa shape index (κ2) is 17.3. The van der Waals surface area contributed by atoms with E-state index < -0.39 is 0 Å². The van der Waals surface area contributed by atoms with Crippen LogP contribution in [-0.4, -0.2) is 18.7 Å². The van der Waals surface area contributed by atoms with Crippen LogP contribution in [0.4, 0.5) is 0 Å². The topological polar surface area (TPSA) is 44.8 Å². The highest BCUT2D eigenvalue weighted by Crippen LogP contribution is 2.25. The fraction of sp³-hybridized carbons (Fsp3) is 0.457. The first-order chi connectivity index (χ1) is 19.1. The van der Waals surface area contributed by atoms with E-state index in [9.17, 15) is 4.79 Å². The third-order valence-electron chi connectivity index (χ3n) is 6.91. The summed E-state index contributed by atoms with van der Waals surface area (Å²) in [6.07, 6.45) is 13.7. The number of benzene rings is 3. The molecule has 0 aliphatic heterocycles. The Morgan fingerprint density at radius 2 is 1.13 bits per heavy atom. The predicted molar refractivity (Wildman–Crippen MR) is 161 cm³/mol. The van der Waals surface area contributed by atoms with Crippen molar-refractivity contribution < 1.29 is 19.0 Å². The summed E-state index contributed by atoms with van der Waals surface area (Å²) in [7, 11) is 0. The summed E-state index contributed by atoms with van der Waals surface area (Å²) in [5, 5.41) is 0. The lowest BCUT2D eigenvalue weighted by molar-refractivity contribution is 0.0734. The molecule has 0 aliphatic carbocycles. The maximum Gasteiger partial charge on any atom is 0.343 e. The molecule has 0 saturated carbocycles. The zero-order chi connectivity index (χ0) is 27.7. The van der Waals surface area contributed by atoms with Crippen molar-refractivity contribution in [3.05, 3.63) is 78.4 Å². The maximum atomic E-state index is 12.7. The smallest absolute Gasteiger partial charge is 0.343 e. The van der Waals surface area contributed by atoms with E-state index in [4.69, 9.17) is 14.2 Å². The molecule has 0 saturated heterocycles. The van der Waals surface area contributed by atoms with Crippen LogP contribution >= 0.6 is 0 Å². The van der Waals surface area contributed by atoms with Crippen molar-refractivity contribution in [2.24, 2.45) is 0 Å². The molecule has 0 N–H and O–H groups in total. The molecule has 3 aromatic carbocycles. The van der Waals surface area contributed by atoms with Crippen molar-refractivity contribution in [2.75, 3.05) is 6.61 Å². The first-order valence-electron chi connectivity index (χ1n) is 14.9. The molecule has 0 fully saturated rings. The summed E-state index contributed by atoms with van der Waals surface area (Å²) in [5.41, 5.74) is 2.63. The van der Waals surface area contributed by atoms with Crippen molar-refractivity contribution in [3.8, 4) is 28.4 Å². The van der Waals surface area contributed by atoms with E-state index >= 15 is 0 Å². The third-order valence-corrected chi connectivity index (χ3v) is 6.91. The molecule has 0 unspecified atom stereocenters. The van der Waals surface area contributed by atoms with Crippen LogP contribution in [0, 0.1) is 0 Å². The van der Waals surface area contributed by atoms with E-state index in [0.717, 1.165) is 42.1 Å². The van der Waals surface area contributed by atoms with Gasteiger partial charge in [-0.25, -0.2) is 4.79 Å². The Morgan fingerprint density at radius 1 is 0.615 bits per heavy atom. The van der Waals surface area contributed by atoms with Gasteiger partial charge in [0, 0.05) is 0 Å². The average Bonchev–Trinajstić information content (AvgIpc) is 2.96. The minimum Gasteiger partial charge on any atom is -0.494 e. The Balaban J connectivity index is 1.43. The van der Waals surface area contributed by atoms with Crippen molar-refractivity contribution in [1.82, 2.24) is 0 Å². The second-order valence-electron chi connectivity index (χ2n) is 10.4. The van der Waals surface area contributed by atoms with Gasteiger partial charge < -0.3 is 14.2 Å². The number of rotatable bonds is 18. The zero-order valence-electron chi connectivity index (χ0n) is 24.1. The summed E-state index contributed by atoms with van der Waals surface area (Å²) in [5.74, 6) is 1.81. The number of carbonyl (C=O) groups excluding carboxylic acids is 1. The summed E-state index contributed by atoms with van der Waals surface area (Å²) in [6.45, 7) is 7.32. The predicted octanol–water partition coefficient (Wildman–Crippen LogP) is 10.0. The van der Waals surface area contributed by atoms with Crippen LogP contribution in [0.3, 0.4) is 0 Å². The number of hydrogen-bond acceptors (Lipinski definition) is 4.